The normalized spacial score (nSPS) is 24.9. The Morgan fingerprint density at radius 3 is 1.95 bits per heavy atom. The van der Waals surface area contributed by atoms with E-state index in [0.717, 1.165) is 37.0 Å². The van der Waals surface area contributed by atoms with Crippen molar-refractivity contribution < 1.29 is 9.53 Å². The van der Waals surface area contributed by atoms with Crippen LogP contribution < -0.4 is 4.74 Å². The molecular weight excluding hydrogens is 452 g/mol. The van der Waals surface area contributed by atoms with Crippen molar-refractivity contribution in [3.63, 3.8) is 0 Å². The van der Waals surface area contributed by atoms with E-state index in [1.165, 1.54) is 108 Å². The molecule has 0 radical (unpaired) electrons. The molecule has 2 aliphatic rings. The lowest BCUT2D eigenvalue weighted by atomic mass is 9.71. The maximum absolute atomic E-state index is 12.9. The van der Waals surface area contributed by atoms with Gasteiger partial charge >= 0.3 is 5.97 Å². The van der Waals surface area contributed by atoms with Gasteiger partial charge in [0.2, 0.25) is 0 Å². The van der Waals surface area contributed by atoms with Crippen molar-refractivity contribution in [3.8, 4) is 5.75 Å². The van der Waals surface area contributed by atoms with Crippen LogP contribution in [0.2, 0.25) is 0 Å². The summed E-state index contributed by atoms with van der Waals surface area (Å²) in [5.74, 6) is 3.82. The monoisotopic (exact) mass is 508 g/mol. The highest BCUT2D eigenvalue weighted by Gasteiger charge is 2.29. The topological polar surface area (TPSA) is 26.3 Å². The number of allylic oxidation sites excluding steroid dienone is 1. The van der Waals surface area contributed by atoms with E-state index in [1.807, 2.05) is 12.1 Å². The fourth-order valence-corrected chi connectivity index (χ4v) is 7.05. The van der Waals surface area contributed by atoms with Crippen LogP contribution >= 0.6 is 0 Å². The van der Waals surface area contributed by atoms with Crippen molar-refractivity contribution in [1.82, 2.24) is 0 Å². The summed E-state index contributed by atoms with van der Waals surface area (Å²) < 4.78 is 5.86. The number of carbonyl (C=O) groups is 1. The molecule has 3 rings (SSSR count). The molecule has 2 saturated carbocycles. The molecular formula is C35H56O2. The van der Waals surface area contributed by atoms with Gasteiger partial charge in [-0.05, 0) is 86.3 Å². The van der Waals surface area contributed by atoms with Gasteiger partial charge in [-0.15, -0.1) is 6.58 Å². The molecule has 1 atom stereocenters. The van der Waals surface area contributed by atoms with Crippen molar-refractivity contribution in [1.29, 1.82) is 0 Å². The summed E-state index contributed by atoms with van der Waals surface area (Å²) in [7, 11) is 0. The smallest absolute Gasteiger partial charge is 0.314 e. The first-order valence-corrected chi connectivity index (χ1v) is 16.1. The van der Waals surface area contributed by atoms with Crippen molar-refractivity contribution in [2.24, 2.45) is 23.7 Å². The van der Waals surface area contributed by atoms with Crippen LogP contribution in [-0.4, -0.2) is 5.97 Å². The summed E-state index contributed by atoms with van der Waals surface area (Å²) in [4.78, 5) is 12.9. The highest BCUT2D eigenvalue weighted by molar-refractivity contribution is 5.75. The van der Waals surface area contributed by atoms with Gasteiger partial charge in [0, 0.05) is 0 Å². The third-order valence-electron chi connectivity index (χ3n) is 9.52. The van der Waals surface area contributed by atoms with E-state index in [2.05, 4.69) is 38.6 Å². The van der Waals surface area contributed by atoms with Gasteiger partial charge in [-0.1, -0.05) is 109 Å². The van der Waals surface area contributed by atoms with E-state index in [0.29, 0.717) is 11.7 Å². The largest absolute Gasteiger partial charge is 0.426 e. The zero-order chi connectivity index (χ0) is 26.3. The Morgan fingerprint density at radius 2 is 1.35 bits per heavy atom. The predicted octanol–water partition coefficient (Wildman–Crippen LogP) is 10.8. The van der Waals surface area contributed by atoms with Gasteiger partial charge in [0.25, 0.3) is 0 Å². The molecule has 0 aromatic heterocycles. The summed E-state index contributed by atoms with van der Waals surface area (Å²) in [6.45, 7) is 8.63. The van der Waals surface area contributed by atoms with E-state index in [9.17, 15) is 4.79 Å². The van der Waals surface area contributed by atoms with Gasteiger partial charge in [0.05, 0.1) is 5.92 Å². The van der Waals surface area contributed by atoms with Gasteiger partial charge in [-0.2, -0.15) is 0 Å². The third-order valence-corrected chi connectivity index (χ3v) is 9.52. The quantitative estimate of drug-likeness (QED) is 0.0960. The lowest BCUT2D eigenvalue weighted by Gasteiger charge is -2.34. The van der Waals surface area contributed by atoms with Crippen LogP contribution in [0.25, 0.3) is 0 Å². The minimum absolute atomic E-state index is 0.0156. The maximum Gasteiger partial charge on any atom is 0.314 e. The molecule has 1 aromatic rings. The van der Waals surface area contributed by atoms with E-state index >= 15 is 0 Å². The van der Waals surface area contributed by atoms with Crippen molar-refractivity contribution in [2.75, 3.05) is 0 Å². The molecule has 0 saturated heterocycles. The van der Waals surface area contributed by atoms with Crippen LogP contribution in [0.5, 0.6) is 5.75 Å². The SMILES string of the molecule is C=CCC(c1ccc(OC(=O)[C@H]2CC[C@H](CCCCCCC)CC2)cc1)[C@H]1CC[C@H](CCCCC)CC1. The Bertz CT molecular complexity index is 750. The molecule has 208 valence electrons. The van der Waals surface area contributed by atoms with Gasteiger partial charge in [-0.3, -0.25) is 4.79 Å². The molecule has 2 fully saturated rings. The standard InChI is InChI=1S/C35H56O2/c1-4-7-9-10-12-15-29-18-22-32(23-19-29)35(36)37-33-26-24-31(25-27-33)34(13-6-3)30-20-16-28(17-21-30)14-11-8-5-2/h6,24-30,32,34H,3-5,7-23H2,1-2H3/t28-,29-,30-,32-,34?. The summed E-state index contributed by atoms with van der Waals surface area (Å²) >= 11 is 0. The van der Waals surface area contributed by atoms with Crippen LogP contribution in [0.15, 0.2) is 36.9 Å². The Balaban J connectivity index is 1.43. The van der Waals surface area contributed by atoms with Crippen LogP contribution in [0.3, 0.4) is 0 Å². The fourth-order valence-electron chi connectivity index (χ4n) is 7.05. The molecule has 0 bridgehead atoms. The zero-order valence-corrected chi connectivity index (χ0v) is 24.2. The zero-order valence-electron chi connectivity index (χ0n) is 24.2. The van der Waals surface area contributed by atoms with Gasteiger partial charge in [0.1, 0.15) is 5.75 Å². The van der Waals surface area contributed by atoms with Crippen LogP contribution in [0.4, 0.5) is 0 Å². The molecule has 2 aliphatic carbocycles. The average Bonchev–Trinajstić information content (AvgIpc) is 2.93. The highest BCUT2D eigenvalue weighted by atomic mass is 16.5. The summed E-state index contributed by atoms with van der Waals surface area (Å²) in [5.41, 5.74) is 1.38. The Hall–Kier alpha value is -1.57. The summed E-state index contributed by atoms with van der Waals surface area (Å²) in [6.07, 6.45) is 26.6. The molecule has 1 aromatic carbocycles. The number of hydrogen-bond donors (Lipinski definition) is 0. The predicted molar refractivity (Wildman–Crippen MR) is 158 cm³/mol. The second-order valence-corrected chi connectivity index (χ2v) is 12.3. The molecule has 37 heavy (non-hydrogen) atoms. The Kier molecular flexibility index (Phi) is 13.9. The van der Waals surface area contributed by atoms with E-state index in [4.69, 9.17) is 4.74 Å². The molecule has 0 amide bonds. The van der Waals surface area contributed by atoms with Gasteiger partial charge in [-0.25, -0.2) is 0 Å². The first-order valence-electron chi connectivity index (χ1n) is 16.1. The average molecular weight is 509 g/mol. The molecule has 1 unspecified atom stereocenters. The molecule has 0 aliphatic heterocycles. The number of benzene rings is 1. The molecule has 2 nitrogen and oxygen atoms in total. The minimum Gasteiger partial charge on any atom is -0.426 e. The fraction of sp³-hybridized carbons (Fsp3) is 0.743. The van der Waals surface area contributed by atoms with Crippen LogP contribution in [-0.2, 0) is 4.79 Å². The first-order chi connectivity index (χ1) is 18.1. The van der Waals surface area contributed by atoms with Crippen molar-refractivity contribution >= 4 is 5.97 Å². The number of esters is 1. The second kappa shape index (κ2) is 17.1. The molecule has 2 heteroatoms. The number of rotatable bonds is 16. The summed E-state index contributed by atoms with van der Waals surface area (Å²) in [5, 5.41) is 0. The molecule has 0 N–H and O–H groups in total. The first kappa shape index (κ1) is 30.0. The third kappa shape index (κ3) is 10.3. The maximum atomic E-state index is 12.9. The number of carbonyl (C=O) groups excluding carboxylic acids is 1. The van der Waals surface area contributed by atoms with Gasteiger partial charge in [0.15, 0.2) is 0 Å². The minimum atomic E-state index is -0.0156. The molecule has 0 heterocycles. The van der Waals surface area contributed by atoms with E-state index in [1.54, 1.807) is 0 Å². The number of unbranched alkanes of at least 4 members (excludes halogenated alkanes) is 6. The Morgan fingerprint density at radius 1 is 0.811 bits per heavy atom. The van der Waals surface area contributed by atoms with Crippen molar-refractivity contribution in [2.45, 2.75) is 142 Å². The summed E-state index contributed by atoms with van der Waals surface area (Å²) in [6, 6.07) is 8.47. The Labute approximate surface area is 229 Å². The van der Waals surface area contributed by atoms with E-state index < -0.39 is 0 Å². The van der Waals surface area contributed by atoms with Crippen LogP contribution in [0.1, 0.15) is 147 Å². The lowest BCUT2D eigenvalue weighted by Crippen LogP contribution is -2.25. The van der Waals surface area contributed by atoms with Crippen molar-refractivity contribution in [3.05, 3.63) is 42.5 Å². The van der Waals surface area contributed by atoms with E-state index in [-0.39, 0.29) is 11.9 Å². The second-order valence-electron chi connectivity index (χ2n) is 12.3. The lowest BCUT2D eigenvalue weighted by molar-refractivity contribution is -0.140. The van der Waals surface area contributed by atoms with Gasteiger partial charge < -0.3 is 4.74 Å². The number of hydrogen-bond acceptors (Lipinski definition) is 2. The molecule has 0 spiro atoms. The van der Waals surface area contributed by atoms with Crippen LogP contribution in [0, 0.1) is 23.7 Å². The number of ether oxygens (including phenoxy) is 1. The highest BCUT2D eigenvalue weighted by Crippen LogP contribution is 2.42.